The Bertz CT molecular complexity index is 1100. The fourth-order valence-corrected chi connectivity index (χ4v) is 6.32. The first-order valence-corrected chi connectivity index (χ1v) is 12.3. The molecule has 6 nitrogen and oxygen atoms in total. The van der Waals surface area contributed by atoms with Gasteiger partial charge in [-0.3, -0.25) is 4.79 Å². The van der Waals surface area contributed by atoms with Crippen LogP contribution in [0, 0.1) is 5.82 Å². The molecule has 1 saturated carbocycles. The third kappa shape index (κ3) is 3.47. The number of sulfone groups is 1. The number of aromatic nitrogens is 1. The monoisotopic (exact) mass is 429 g/mol. The second-order valence-corrected chi connectivity index (χ2v) is 10.8. The van der Waals surface area contributed by atoms with Crippen molar-refractivity contribution in [3.05, 3.63) is 53.1 Å². The van der Waals surface area contributed by atoms with Gasteiger partial charge >= 0.3 is 0 Å². The molecule has 0 spiro atoms. The first-order chi connectivity index (χ1) is 14.4. The Hall–Kier alpha value is -2.48. The SMILES string of the molecule is O=C(c1ncc(Nc2cccc(F)c2)c2c1C1CCC2CC1)N1CCS(=O)(=O)CC1. The Morgan fingerprint density at radius 3 is 2.40 bits per heavy atom. The molecule has 30 heavy (non-hydrogen) atoms. The number of rotatable bonds is 3. The van der Waals surface area contributed by atoms with Gasteiger partial charge in [0, 0.05) is 18.8 Å². The Kier molecular flexibility index (Phi) is 4.76. The zero-order valence-corrected chi connectivity index (χ0v) is 17.4. The molecule has 158 valence electrons. The Balaban J connectivity index is 1.52. The lowest BCUT2D eigenvalue weighted by atomic mass is 9.66. The minimum absolute atomic E-state index is 0.00615. The van der Waals surface area contributed by atoms with Gasteiger partial charge in [0.15, 0.2) is 9.84 Å². The lowest BCUT2D eigenvalue weighted by molar-refractivity contribution is 0.0761. The third-order valence-corrected chi connectivity index (χ3v) is 8.25. The zero-order valence-electron chi connectivity index (χ0n) is 16.6. The molecule has 2 bridgehead atoms. The average Bonchev–Trinajstić information content (AvgIpc) is 2.74. The van der Waals surface area contributed by atoms with E-state index in [1.807, 2.05) is 6.07 Å². The van der Waals surface area contributed by atoms with Crippen molar-refractivity contribution in [2.75, 3.05) is 29.9 Å². The van der Waals surface area contributed by atoms with Crippen LogP contribution in [0.25, 0.3) is 0 Å². The lowest BCUT2D eigenvalue weighted by Crippen LogP contribution is -2.44. The molecule has 2 heterocycles. The summed E-state index contributed by atoms with van der Waals surface area (Å²) in [4.78, 5) is 19.4. The van der Waals surface area contributed by atoms with E-state index in [9.17, 15) is 17.6 Å². The number of hydrogen-bond donors (Lipinski definition) is 1. The summed E-state index contributed by atoms with van der Waals surface area (Å²) in [6.07, 6.45) is 5.91. The highest BCUT2D eigenvalue weighted by atomic mass is 32.2. The number of benzene rings is 1. The lowest BCUT2D eigenvalue weighted by Gasteiger charge is -2.40. The molecule has 2 fully saturated rings. The van der Waals surface area contributed by atoms with Crippen LogP contribution in [0.3, 0.4) is 0 Å². The fraction of sp³-hybridized carbons (Fsp3) is 0.455. The molecule has 8 heteroatoms. The van der Waals surface area contributed by atoms with Crippen LogP contribution in [-0.4, -0.2) is 48.8 Å². The average molecular weight is 430 g/mol. The van der Waals surface area contributed by atoms with E-state index in [2.05, 4.69) is 10.3 Å². The minimum Gasteiger partial charge on any atom is -0.354 e. The van der Waals surface area contributed by atoms with Crippen LogP contribution in [-0.2, 0) is 9.84 Å². The van der Waals surface area contributed by atoms with Crippen LogP contribution in [0.4, 0.5) is 15.8 Å². The Morgan fingerprint density at radius 1 is 1.07 bits per heavy atom. The first-order valence-electron chi connectivity index (χ1n) is 10.5. The van der Waals surface area contributed by atoms with Crippen molar-refractivity contribution >= 4 is 27.1 Å². The maximum atomic E-state index is 13.6. The van der Waals surface area contributed by atoms with Crippen molar-refractivity contribution in [2.45, 2.75) is 37.5 Å². The number of carbonyl (C=O) groups excluding carboxylic acids is 1. The van der Waals surface area contributed by atoms with E-state index in [1.54, 1.807) is 17.2 Å². The smallest absolute Gasteiger partial charge is 0.272 e. The number of nitrogens with one attached hydrogen (secondary N) is 1. The number of anilines is 2. The van der Waals surface area contributed by atoms with Gasteiger partial charge in [0.1, 0.15) is 11.5 Å². The van der Waals surface area contributed by atoms with Crippen LogP contribution in [0.5, 0.6) is 0 Å². The second kappa shape index (κ2) is 7.34. The van der Waals surface area contributed by atoms with E-state index >= 15 is 0 Å². The summed E-state index contributed by atoms with van der Waals surface area (Å²) < 4.78 is 37.1. The van der Waals surface area contributed by atoms with Gasteiger partial charge in [-0.1, -0.05) is 6.07 Å². The van der Waals surface area contributed by atoms with Gasteiger partial charge in [0.2, 0.25) is 0 Å². The molecule has 1 aromatic heterocycles. The van der Waals surface area contributed by atoms with Gasteiger partial charge in [-0.25, -0.2) is 17.8 Å². The highest BCUT2D eigenvalue weighted by Gasteiger charge is 2.39. The Labute approximate surface area is 175 Å². The summed E-state index contributed by atoms with van der Waals surface area (Å²) in [5.74, 6) is 0.177. The highest BCUT2D eigenvalue weighted by molar-refractivity contribution is 7.91. The quantitative estimate of drug-likeness (QED) is 0.807. The molecule has 1 N–H and O–H groups in total. The summed E-state index contributed by atoms with van der Waals surface area (Å²) in [5, 5.41) is 3.31. The normalized spacial score (nSPS) is 24.4. The summed E-state index contributed by atoms with van der Waals surface area (Å²) in [6.45, 7) is 0.435. The maximum Gasteiger partial charge on any atom is 0.272 e. The third-order valence-electron chi connectivity index (χ3n) is 6.64. The van der Waals surface area contributed by atoms with Crippen LogP contribution >= 0.6 is 0 Å². The van der Waals surface area contributed by atoms with Gasteiger partial charge in [-0.05, 0) is 66.8 Å². The number of fused-ring (bicyclic) bond motifs is 2. The van der Waals surface area contributed by atoms with E-state index in [4.69, 9.17) is 0 Å². The molecule has 0 atom stereocenters. The molecule has 1 aromatic carbocycles. The zero-order chi connectivity index (χ0) is 20.9. The van der Waals surface area contributed by atoms with Crippen LogP contribution in [0.1, 0.15) is 59.1 Å². The summed E-state index contributed by atoms with van der Waals surface area (Å²) in [7, 11) is -3.06. The number of pyridine rings is 1. The second-order valence-electron chi connectivity index (χ2n) is 8.48. The van der Waals surface area contributed by atoms with Gasteiger partial charge in [-0.15, -0.1) is 0 Å². The maximum absolute atomic E-state index is 13.6. The summed E-state index contributed by atoms with van der Waals surface area (Å²) in [6, 6.07) is 6.32. The van der Waals surface area contributed by atoms with Gasteiger partial charge in [0.25, 0.3) is 5.91 Å². The van der Waals surface area contributed by atoms with Gasteiger partial charge < -0.3 is 10.2 Å². The topological polar surface area (TPSA) is 79.4 Å². The fourth-order valence-electron chi connectivity index (χ4n) is 5.12. The predicted molar refractivity (Wildman–Crippen MR) is 112 cm³/mol. The molecule has 0 unspecified atom stereocenters. The van der Waals surface area contributed by atoms with Crippen LogP contribution < -0.4 is 5.32 Å². The van der Waals surface area contributed by atoms with Crippen LogP contribution in [0.2, 0.25) is 0 Å². The van der Waals surface area contributed by atoms with Crippen molar-refractivity contribution in [1.82, 2.24) is 9.88 Å². The Morgan fingerprint density at radius 2 is 1.73 bits per heavy atom. The molecular formula is C22H24FN3O3S. The molecule has 4 aliphatic rings. The molecule has 3 aliphatic carbocycles. The van der Waals surface area contributed by atoms with Crippen molar-refractivity contribution in [1.29, 1.82) is 0 Å². The molecular weight excluding hydrogens is 405 g/mol. The van der Waals surface area contributed by atoms with E-state index < -0.39 is 9.84 Å². The van der Waals surface area contributed by atoms with Crippen molar-refractivity contribution < 1.29 is 17.6 Å². The van der Waals surface area contributed by atoms with Gasteiger partial charge in [-0.2, -0.15) is 0 Å². The number of halogens is 1. The molecule has 6 rings (SSSR count). The molecule has 2 aromatic rings. The predicted octanol–water partition coefficient (Wildman–Crippen LogP) is 3.59. The molecule has 1 saturated heterocycles. The molecule has 1 amide bonds. The summed E-state index contributed by atoms with van der Waals surface area (Å²) in [5.41, 5.74) is 4.09. The minimum atomic E-state index is -3.06. The number of amides is 1. The summed E-state index contributed by atoms with van der Waals surface area (Å²) >= 11 is 0. The van der Waals surface area contributed by atoms with Crippen molar-refractivity contribution in [3.63, 3.8) is 0 Å². The van der Waals surface area contributed by atoms with Crippen LogP contribution in [0.15, 0.2) is 30.5 Å². The van der Waals surface area contributed by atoms with E-state index in [0.717, 1.165) is 42.5 Å². The van der Waals surface area contributed by atoms with Crippen molar-refractivity contribution in [3.8, 4) is 0 Å². The molecule has 1 aliphatic heterocycles. The van der Waals surface area contributed by atoms with E-state index in [1.165, 1.54) is 12.1 Å². The van der Waals surface area contributed by atoms with Gasteiger partial charge in [0.05, 0.1) is 23.4 Å². The molecule has 0 radical (unpaired) electrons. The number of hydrogen-bond acceptors (Lipinski definition) is 5. The number of carbonyl (C=O) groups is 1. The highest BCUT2D eigenvalue weighted by Crippen LogP contribution is 2.53. The first kappa shape index (κ1) is 19.5. The van der Waals surface area contributed by atoms with E-state index in [0.29, 0.717) is 23.2 Å². The standard InChI is InChI=1S/C22H24FN3O3S/c23-16-2-1-3-17(12-16)25-18-13-24-21(20-15-6-4-14(5-7-15)19(18)20)22(27)26-8-10-30(28,29)11-9-26/h1-3,12-15,25H,4-11H2. The largest absolute Gasteiger partial charge is 0.354 e. The number of nitrogens with zero attached hydrogens (tertiary/aromatic N) is 2. The van der Waals surface area contributed by atoms with Crippen molar-refractivity contribution in [2.24, 2.45) is 0 Å². The van der Waals surface area contributed by atoms with E-state index in [-0.39, 0.29) is 36.3 Å².